The van der Waals surface area contributed by atoms with E-state index in [2.05, 4.69) is 20.8 Å². The molecule has 1 aromatic rings. The molecule has 0 N–H and O–H groups in total. The number of esters is 1. The van der Waals surface area contributed by atoms with Gasteiger partial charge in [-0.1, -0.05) is 32.9 Å². The van der Waals surface area contributed by atoms with Crippen LogP contribution in [-0.2, 0) is 11.2 Å². The Morgan fingerprint density at radius 2 is 1.90 bits per heavy atom. The smallest absolute Gasteiger partial charge is 0.342 e. The van der Waals surface area contributed by atoms with Crippen LogP contribution in [0.5, 0.6) is 5.75 Å². The Morgan fingerprint density at radius 1 is 1.25 bits per heavy atom. The summed E-state index contributed by atoms with van der Waals surface area (Å²) >= 11 is 0. The topological polar surface area (TPSA) is 35.5 Å². The minimum Gasteiger partial charge on any atom is -0.492 e. The van der Waals surface area contributed by atoms with Gasteiger partial charge in [-0.15, -0.1) is 0 Å². The van der Waals surface area contributed by atoms with Crippen LogP contribution in [0.25, 0.3) is 0 Å². The maximum absolute atomic E-state index is 12.3. The van der Waals surface area contributed by atoms with Gasteiger partial charge in [0.25, 0.3) is 0 Å². The van der Waals surface area contributed by atoms with E-state index in [-0.39, 0.29) is 5.97 Å². The second-order valence-electron chi connectivity index (χ2n) is 6.35. The first-order valence-corrected chi connectivity index (χ1v) is 7.22. The van der Waals surface area contributed by atoms with E-state index in [4.69, 9.17) is 9.47 Å². The molecule has 0 unspecified atom stereocenters. The highest BCUT2D eigenvalue weighted by molar-refractivity contribution is 5.93. The average Bonchev–Trinajstić information content (AvgIpc) is 2.33. The van der Waals surface area contributed by atoms with Gasteiger partial charge in [-0.05, 0) is 44.7 Å². The molecule has 0 spiro atoms. The van der Waals surface area contributed by atoms with Crippen molar-refractivity contribution in [3.8, 4) is 5.75 Å². The van der Waals surface area contributed by atoms with Crippen molar-refractivity contribution in [2.75, 3.05) is 6.61 Å². The lowest BCUT2D eigenvalue weighted by atomic mass is 10.1. The fourth-order valence-corrected chi connectivity index (χ4v) is 1.78. The minimum absolute atomic E-state index is 0.327. The Balaban J connectivity index is 3.08. The molecule has 0 aliphatic heterocycles. The maximum Gasteiger partial charge on any atom is 0.342 e. The van der Waals surface area contributed by atoms with Crippen molar-refractivity contribution < 1.29 is 14.3 Å². The van der Waals surface area contributed by atoms with Gasteiger partial charge in [-0.25, -0.2) is 4.79 Å². The molecular weight excluding hydrogens is 252 g/mol. The van der Waals surface area contributed by atoms with E-state index in [9.17, 15) is 4.79 Å². The number of aryl methyl sites for hydroxylation is 1. The molecule has 0 amide bonds. The third-order valence-corrected chi connectivity index (χ3v) is 2.66. The average molecular weight is 278 g/mol. The minimum atomic E-state index is -0.505. The molecular formula is C17H26O3. The van der Waals surface area contributed by atoms with E-state index in [1.807, 2.05) is 32.9 Å². The van der Waals surface area contributed by atoms with Crippen molar-refractivity contribution in [3.63, 3.8) is 0 Å². The van der Waals surface area contributed by atoms with Gasteiger partial charge in [0.05, 0.1) is 6.61 Å². The normalized spacial score (nSPS) is 11.6. The number of carbonyl (C=O) groups is 1. The number of rotatable bonds is 5. The van der Waals surface area contributed by atoms with Gasteiger partial charge < -0.3 is 9.47 Å². The molecule has 3 heteroatoms. The van der Waals surface area contributed by atoms with Crippen molar-refractivity contribution in [3.05, 3.63) is 29.3 Å². The maximum atomic E-state index is 12.3. The molecule has 112 valence electrons. The number of benzene rings is 1. The highest BCUT2D eigenvalue weighted by Crippen LogP contribution is 2.27. The van der Waals surface area contributed by atoms with Crippen molar-refractivity contribution in [1.82, 2.24) is 0 Å². The highest BCUT2D eigenvalue weighted by Gasteiger charge is 2.22. The van der Waals surface area contributed by atoms with Crippen LogP contribution in [0, 0.1) is 5.92 Å². The quantitative estimate of drug-likeness (QED) is 0.756. The molecule has 0 atom stereocenters. The van der Waals surface area contributed by atoms with Crippen LogP contribution in [0.1, 0.15) is 57.5 Å². The van der Waals surface area contributed by atoms with Crippen LogP contribution in [0.15, 0.2) is 18.2 Å². The Hall–Kier alpha value is -1.51. The van der Waals surface area contributed by atoms with E-state index in [1.165, 1.54) is 0 Å². The van der Waals surface area contributed by atoms with Crippen molar-refractivity contribution in [2.24, 2.45) is 5.92 Å². The van der Waals surface area contributed by atoms with Gasteiger partial charge >= 0.3 is 5.97 Å². The molecule has 0 bridgehead atoms. The van der Waals surface area contributed by atoms with Crippen LogP contribution in [0.2, 0.25) is 0 Å². The van der Waals surface area contributed by atoms with E-state index >= 15 is 0 Å². The van der Waals surface area contributed by atoms with Crippen LogP contribution in [-0.4, -0.2) is 18.2 Å². The van der Waals surface area contributed by atoms with E-state index in [0.29, 0.717) is 23.8 Å². The predicted octanol–water partition coefficient (Wildman–Crippen LogP) is 4.24. The number of hydrogen-bond donors (Lipinski definition) is 0. The molecule has 0 heterocycles. The molecule has 0 radical (unpaired) electrons. The summed E-state index contributed by atoms with van der Waals surface area (Å²) < 4.78 is 11.3. The number of hydrogen-bond acceptors (Lipinski definition) is 3. The Kier molecular flexibility index (Phi) is 5.61. The summed E-state index contributed by atoms with van der Waals surface area (Å²) in [4.78, 5) is 12.3. The lowest BCUT2D eigenvalue weighted by Crippen LogP contribution is -2.24. The molecule has 0 aliphatic carbocycles. The summed E-state index contributed by atoms with van der Waals surface area (Å²) in [5, 5.41) is 0. The summed E-state index contributed by atoms with van der Waals surface area (Å²) in [5.41, 5.74) is 1.04. The molecule has 0 aliphatic rings. The van der Waals surface area contributed by atoms with Crippen molar-refractivity contribution in [2.45, 2.75) is 53.6 Å². The molecule has 0 fully saturated rings. The molecule has 20 heavy (non-hydrogen) atoms. The number of para-hydroxylation sites is 1. The first-order valence-electron chi connectivity index (χ1n) is 7.22. The third kappa shape index (κ3) is 4.87. The van der Waals surface area contributed by atoms with E-state index < -0.39 is 5.60 Å². The van der Waals surface area contributed by atoms with Gasteiger partial charge in [-0.2, -0.15) is 0 Å². The Bertz CT molecular complexity index is 456. The standard InChI is InChI=1S/C17H26O3/c1-7-13-9-8-10-14(15(13)19-11-12(2)3)16(18)20-17(4,5)6/h8-10,12H,7,11H2,1-6H3. The zero-order chi connectivity index (χ0) is 15.3. The molecule has 0 saturated heterocycles. The number of ether oxygens (including phenoxy) is 2. The lowest BCUT2D eigenvalue weighted by molar-refractivity contribution is 0.00651. The fraction of sp³-hybridized carbons (Fsp3) is 0.588. The molecule has 1 rings (SSSR count). The molecule has 3 nitrogen and oxygen atoms in total. The van der Waals surface area contributed by atoms with Crippen LogP contribution < -0.4 is 4.74 Å². The molecule has 0 saturated carbocycles. The summed E-state index contributed by atoms with van der Waals surface area (Å²) in [6.45, 7) is 12.4. The van der Waals surface area contributed by atoms with Gasteiger partial charge in [0.15, 0.2) is 0 Å². The highest BCUT2D eigenvalue weighted by atomic mass is 16.6. The van der Waals surface area contributed by atoms with E-state index in [1.54, 1.807) is 6.07 Å². The second-order valence-corrected chi connectivity index (χ2v) is 6.35. The Labute approximate surface area is 122 Å². The second kappa shape index (κ2) is 6.78. The zero-order valence-corrected chi connectivity index (χ0v) is 13.4. The monoisotopic (exact) mass is 278 g/mol. The first kappa shape index (κ1) is 16.5. The summed E-state index contributed by atoms with van der Waals surface area (Å²) in [6.07, 6.45) is 0.823. The van der Waals surface area contributed by atoms with Crippen LogP contribution in [0.3, 0.4) is 0 Å². The SMILES string of the molecule is CCc1cccc(C(=O)OC(C)(C)C)c1OCC(C)C. The Morgan fingerprint density at radius 3 is 2.40 bits per heavy atom. The largest absolute Gasteiger partial charge is 0.492 e. The summed E-state index contributed by atoms with van der Waals surface area (Å²) in [6, 6.07) is 5.63. The zero-order valence-electron chi connectivity index (χ0n) is 13.4. The van der Waals surface area contributed by atoms with Crippen molar-refractivity contribution in [1.29, 1.82) is 0 Å². The molecule has 1 aromatic carbocycles. The van der Waals surface area contributed by atoms with Gasteiger partial charge in [0.1, 0.15) is 16.9 Å². The molecule has 0 aromatic heterocycles. The summed E-state index contributed by atoms with van der Waals surface area (Å²) in [7, 11) is 0. The summed E-state index contributed by atoms with van der Waals surface area (Å²) in [5.74, 6) is 0.746. The van der Waals surface area contributed by atoms with Gasteiger partial charge in [-0.3, -0.25) is 0 Å². The van der Waals surface area contributed by atoms with Crippen LogP contribution in [0.4, 0.5) is 0 Å². The predicted molar refractivity (Wildman–Crippen MR) is 81.3 cm³/mol. The number of carbonyl (C=O) groups excluding carboxylic acids is 1. The first-order chi connectivity index (χ1) is 9.24. The van der Waals surface area contributed by atoms with E-state index in [0.717, 1.165) is 12.0 Å². The van der Waals surface area contributed by atoms with Crippen molar-refractivity contribution >= 4 is 5.97 Å². The van der Waals surface area contributed by atoms with Gasteiger partial charge in [0, 0.05) is 0 Å². The van der Waals surface area contributed by atoms with Gasteiger partial charge in [0.2, 0.25) is 0 Å². The fourth-order valence-electron chi connectivity index (χ4n) is 1.78. The van der Waals surface area contributed by atoms with Crippen LogP contribution >= 0.6 is 0 Å². The lowest BCUT2D eigenvalue weighted by Gasteiger charge is -2.21. The third-order valence-electron chi connectivity index (χ3n) is 2.66.